The molecule has 0 aromatic heterocycles. The summed E-state index contributed by atoms with van der Waals surface area (Å²) in [6, 6.07) is 11.7. The third-order valence-electron chi connectivity index (χ3n) is 7.80. The van der Waals surface area contributed by atoms with Crippen LogP contribution in [0, 0.1) is 11.8 Å². The van der Waals surface area contributed by atoms with Gasteiger partial charge in [-0.25, -0.2) is 0 Å². The highest BCUT2D eigenvalue weighted by Crippen LogP contribution is 2.30. The van der Waals surface area contributed by atoms with E-state index in [0.717, 1.165) is 55.6 Å². The number of carbonyl (C=O) groups is 2. The molecule has 0 bridgehead atoms. The van der Waals surface area contributed by atoms with Crippen molar-refractivity contribution in [1.82, 2.24) is 0 Å². The molecular weight excluding hydrogens is 464 g/mol. The number of rotatable bonds is 14. The highest BCUT2D eigenvalue weighted by molar-refractivity contribution is 6.28. The van der Waals surface area contributed by atoms with E-state index in [1.165, 1.54) is 36.8 Å². The Labute approximate surface area is 231 Å². The molecule has 0 radical (unpaired) electrons. The van der Waals surface area contributed by atoms with E-state index in [4.69, 9.17) is 0 Å². The summed E-state index contributed by atoms with van der Waals surface area (Å²) in [5, 5.41) is 0. The molecule has 1 aliphatic rings. The molecule has 1 unspecified atom stereocenters. The zero-order chi connectivity index (χ0) is 27.7. The van der Waals surface area contributed by atoms with Gasteiger partial charge >= 0.3 is 0 Å². The molecule has 204 valence electrons. The normalized spacial score (nSPS) is 13.9. The maximum Gasteiger partial charge on any atom is 0.194 e. The lowest BCUT2D eigenvalue weighted by molar-refractivity contribution is 0.0979. The van der Waals surface area contributed by atoms with Gasteiger partial charge in [-0.15, -0.1) is 0 Å². The SMILES string of the molecule is CC(C)=CCCC(C)CCCc1ccc2c(c1)C(=O)c1ccc(CC/C=C(\C)CCCC(C)C)cc1C2=O. The fourth-order valence-corrected chi connectivity index (χ4v) is 5.39. The molecule has 0 aliphatic heterocycles. The summed E-state index contributed by atoms with van der Waals surface area (Å²) in [6.07, 6.45) is 15.7. The average molecular weight is 513 g/mol. The molecule has 2 aromatic rings. The first-order valence-corrected chi connectivity index (χ1v) is 14.8. The zero-order valence-corrected chi connectivity index (χ0v) is 24.7. The highest BCUT2D eigenvalue weighted by atomic mass is 16.1. The van der Waals surface area contributed by atoms with Crippen LogP contribution < -0.4 is 0 Å². The van der Waals surface area contributed by atoms with Crippen LogP contribution in [0.4, 0.5) is 0 Å². The molecule has 2 heteroatoms. The van der Waals surface area contributed by atoms with Gasteiger partial charge in [0.15, 0.2) is 11.6 Å². The summed E-state index contributed by atoms with van der Waals surface area (Å²) in [7, 11) is 0. The molecule has 0 spiro atoms. The molecule has 3 rings (SSSR count). The summed E-state index contributed by atoms with van der Waals surface area (Å²) in [5.41, 5.74) is 7.35. The van der Waals surface area contributed by atoms with Crippen LogP contribution in [-0.2, 0) is 12.8 Å². The Balaban J connectivity index is 1.59. The minimum absolute atomic E-state index is 0.0148. The van der Waals surface area contributed by atoms with Gasteiger partial charge in [0.2, 0.25) is 0 Å². The number of hydrogen-bond donors (Lipinski definition) is 0. The van der Waals surface area contributed by atoms with Crippen molar-refractivity contribution in [2.75, 3.05) is 0 Å². The Bertz CT molecular complexity index is 1170. The Morgan fingerprint density at radius 1 is 0.684 bits per heavy atom. The van der Waals surface area contributed by atoms with Crippen LogP contribution in [0.1, 0.15) is 136 Å². The van der Waals surface area contributed by atoms with Gasteiger partial charge in [0.25, 0.3) is 0 Å². The molecule has 38 heavy (non-hydrogen) atoms. The van der Waals surface area contributed by atoms with Crippen molar-refractivity contribution in [2.24, 2.45) is 11.8 Å². The Hall–Kier alpha value is -2.74. The first-order valence-electron chi connectivity index (χ1n) is 14.8. The maximum atomic E-state index is 13.4. The van der Waals surface area contributed by atoms with Crippen LogP contribution in [0.2, 0.25) is 0 Å². The Morgan fingerprint density at radius 3 is 1.87 bits per heavy atom. The summed E-state index contributed by atoms with van der Waals surface area (Å²) in [5.74, 6) is 1.42. The molecule has 0 saturated heterocycles. The third kappa shape index (κ3) is 8.65. The average Bonchev–Trinajstić information content (AvgIpc) is 2.86. The number of hydrogen-bond acceptors (Lipinski definition) is 2. The van der Waals surface area contributed by atoms with Gasteiger partial charge in [-0.3, -0.25) is 9.59 Å². The molecule has 0 fully saturated rings. The van der Waals surface area contributed by atoms with Gasteiger partial charge in [0.05, 0.1) is 0 Å². The van der Waals surface area contributed by atoms with Crippen molar-refractivity contribution in [2.45, 2.75) is 106 Å². The van der Waals surface area contributed by atoms with Crippen LogP contribution in [0.25, 0.3) is 0 Å². The van der Waals surface area contributed by atoms with Crippen LogP contribution in [0.5, 0.6) is 0 Å². The smallest absolute Gasteiger partial charge is 0.194 e. The van der Waals surface area contributed by atoms with Gasteiger partial charge < -0.3 is 0 Å². The molecule has 2 nitrogen and oxygen atoms in total. The van der Waals surface area contributed by atoms with E-state index in [1.807, 2.05) is 36.4 Å². The first-order chi connectivity index (χ1) is 18.2. The second-order valence-electron chi connectivity index (χ2n) is 12.1. The molecule has 0 N–H and O–H groups in total. The Kier molecular flexibility index (Phi) is 11.3. The van der Waals surface area contributed by atoms with E-state index in [-0.39, 0.29) is 11.6 Å². The lowest BCUT2D eigenvalue weighted by Crippen LogP contribution is -2.21. The number of fused-ring (bicyclic) bond motifs is 2. The van der Waals surface area contributed by atoms with Crippen LogP contribution in [-0.4, -0.2) is 11.6 Å². The number of ketones is 2. The minimum atomic E-state index is -0.0173. The predicted molar refractivity (Wildman–Crippen MR) is 161 cm³/mol. The van der Waals surface area contributed by atoms with E-state index in [2.05, 4.69) is 53.7 Å². The summed E-state index contributed by atoms with van der Waals surface area (Å²) >= 11 is 0. The van der Waals surface area contributed by atoms with Gasteiger partial charge in [-0.1, -0.05) is 81.2 Å². The number of allylic oxidation sites excluding steroid dienone is 4. The number of benzene rings is 2. The van der Waals surface area contributed by atoms with Gasteiger partial charge in [0.1, 0.15) is 0 Å². The summed E-state index contributed by atoms with van der Waals surface area (Å²) in [6.45, 7) is 13.4. The summed E-state index contributed by atoms with van der Waals surface area (Å²) < 4.78 is 0. The molecule has 1 aliphatic carbocycles. The van der Waals surface area contributed by atoms with Crippen molar-refractivity contribution in [3.05, 3.63) is 93.1 Å². The number of aryl methyl sites for hydroxylation is 2. The third-order valence-corrected chi connectivity index (χ3v) is 7.80. The largest absolute Gasteiger partial charge is 0.289 e. The van der Waals surface area contributed by atoms with Crippen molar-refractivity contribution in [1.29, 1.82) is 0 Å². The lowest BCUT2D eigenvalue weighted by atomic mass is 9.82. The van der Waals surface area contributed by atoms with Crippen molar-refractivity contribution >= 4 is 11.6 Å². The second-order valence-corrected chi connectivity index (χ2v) is 12.1. The topological polar surface area (TPSA) is 34.1 Å². The molecular formula is C36H48O2. The van der Waals surface area contributed by atoms with E-state index < -0.39 is 0 Å². The van der Waals surface area contributed by atoms with Crippen molar-refractivity contribution < 1.29 is 9.59 Å². The van der Waals surface area contributed by atoms with Gasteiger partial charge in [-0.05, 0) is 107 Å². The van der Waals surface area contributed by atoms with Gasteiger partial charge in [-0.2, -0.15) is 0 Å². The zero-order valence-electron chi connectivity index (χ0n) is 24.7. The minimum Gasteiger partial charge on any atom is -0.289 e. The summed E-state index contributed by atoms with van der Waals surface area (Å²) in [4.78, 5) is 26.7. The fraction of sp³-hybridized carbons (Fsp3) is 0.500. The molecule has 0 amide bonds. The monoisotopic (exact) mass is 512 g/mol. The highest BCUT2D eigenvalue weighted by Gasteiger charge is 2.29. The van der Waals surface area contributed by atoms with Crippen LogP contribution in [0.3, 0.4) is 0 Å². The quantitative estimate of drug-likeness (QED) is 0.201. The molecule has 0 saturated carbocycles. The van der Waals surface area contributed by atoms with Crippen LogP contribution in [0.15, 0.2) is 59.7 Å². The van der Waals surface area contributed by atoms with E-state index in [1.54, 1.807) is 0 Å². The van der Waals surface area contributed by atoms with Crippen molar-refractivity contribution in [3.8, 4) is 0 Å². The predicted octanol–water partition coefficient (Wildman–Crippen LogP) is 9.87. The first kappa shape index (κ1) is 29.8. The fourth-order valence-electron chi connectivity index (χ4n) is 5.39. The maximum absolute atomic E-state index is 13.4. The second kappa shape index (κ2) is 14.4. The van der Waals surface area contributed by atoms with E-state index in [9.17, 15) is 9.59 Å². The van der Waals surface area contributed by atoms with E-state index >= 15 is 0 Å². The number of carbonyl (C=O) groups excluding carboxylic acids is 2. The standard InChI is InChI=1S/C36H48O2/c1-25(2)11-7-13-27(5)15-9-17-29-19-21-31-33(23-29)35(37)32-22-20-30(24-34(32)36(31)38)18-10-16-28(6)14-8-12-26(3)4/h11,16,19-24,26-27H,7-10,12-15,17-18H2,1-6H3/b28-16+. The van der Waals surface area contributed by atoms with Gasteiger partial charge in [0, 0.05) is 22.3 Å². The van der Waals surface area contributed by atoms with Crippen molar-refractivity contribution in [3.63, 3.8) is 0 Å². The van der Waals surface area contributed by atoms with Crippen LogP contribution >= 0.6 is 0 Å². The molecule has 2 aromatic carbocycles. The van der Waals surface area contributed by atoms with E-state index in [0.29, 0.717) is 28.2 Å². The molecule has 1 atom stereocenters. The lowest BCUT2D eigenvalue weighted by Gasteiger charge is -2.19. The molecule has 0 heterocycles. The Morgan fingerprint density at radius 2 is 1.29 bits per heavy atom.